The van der Waals surface area contributed by atoms with Crippen LogP contribution < -0.4 is 19.5 Å². The molecule has 2 atom stereocenters. The molecule has 4 rings (SSSR count). The summed E-state index contributed by atoms with van der Waals surface area (Å²) in [4.78, 5) is 12.8. The third-order valence-corrected chi connectivity index (χ3v) is 8.52. The van der Waals surface area contributed by atoms with E-state index in [0.29, 0.717) is 57.8 Å². The van der Waals surface area contributed by atoms with E-state index < -0.39 is 10.0 Å². The molecule has 0 aromatic heterocycles. The molecule has 1 amide bonds. The van der Waals surface area contributed by atoms with Crippen molar-refractivity contribution in [3.8, 4) is 11.5 Å². The van der Waals surface area contributed by atoms with Crippen LogP contribution in [0.1, 0.15) is 42.6 Å². The standard InChI is InChI=1S/C29H33ClN2O6S/c1-19-8-13-26(38-18-19)24-12-10-22(32-29(33)14-20-6-4-5-7-25(20)30)15-28(24)39(34,35)31-17-21-9-11-23(36-2)16-27(21)37-3/h4-7,9-12,15-16,19,26,31H,8,13-14,17-18H2,1-3H3,(H,32,33). The van der Waals surface area contributed by atoms with E-state index in [9.17, 15) is 13.2 Å². The Bertz CT molecular complexity index is 1420. The predicted octanol–water partition coefficient (Wildman–Crippen LogP) is 5.50. The Morgan fingerprint density at radius 1 is 1.03 bits per heavy atom. The van der Waals surface area contributed by atoms with Crippen LogP contribution in [0.3, 0.4) is 0 Å². The maximum absolute atomic E-state index is 13.7. The van der Waals surface area contributed by atoms with Gasteiger partial charge in [0.15, 0.2) is 0 Å². The molecule has 208 valence electrons. The van der Waals surface area contributed by atoms with Crippen LogP contribution in [0.15, 0.2) is 65.6 Å². The van der Waals surface area contributed by atoms with Gasteiger partial charge in [-0.05, 0) is 48.6 Å². The van der Waals surface area contributed by atoms with Crippen molar-refractivity contribution >= 4 is 33.2 Å². The van der Waals surface area contributed by atoms with Crippen molar-refractivity contribution in [2.45, 2.75) is 43.7 Å². The van der Waals surface area contributed by atoms with Crippen LogP contribution >= 0.6 is 11.6 Å². The zero-order valence-corrected chi connectivity index (χ0v) is 23.8. The van der Waals surface area contributed by atoms with Crippen LogP contribution in [0.4, 0.5) is 5.69 Å². The first kappa shape index (κ1) is 28.9. The fourth-order valence-electron chi connectivity index (χ4n) is 4.51. The molecule has 0 aliphatic carbocycles. The Balaban J connectivity index is 1.60. The Morgan fingerprint density at radius 2 is 1.82 bits per heavy atom. The average molecular weight is 573 g/mol. The quantitative estimate of drug-likeness (QED) is 0.332. The Kier molecular flexibility index (Phi) is 9.50. The first-order chi connectivity index (χ1) is 18.7. The van der Waals surface area contributed by atoms with E-state index in [-0.39, 0.29) is 29.9 Å². The number of benzene rings is 3. The van der Waals surface area contributed by atoms with Crippen LogP contribution in [0.5, 0.6) is 11.5 Å². The van der Waals surface area contributed by atoms with E-state index in [2.05, 4.69) is 17.0 Å². The summed E-state index contributed by atoms with van der Waals surface area (Å²) in [5, 5.41) is 3.30. The van der Waals surface area contributed by atoms with Crippen LogP contribution in [-0.4, -0.2) is 35.2 Å². The monoisotopic (exact) mass is 572 g/mol. The molecular formula is C29H33ClN2O6S. The Morgan fingerprint density at radius 3 is 2.51 bits per heavy atom. The molecule has 39 heavy (non-hydrogen) atoms. The number of hydrogen-bond donors (Lipinski definition) is 2. The smallest absolute Gasteiger partial charge is 0.241 e. The second-order valence-electron chi connectivity index (χ2n) is 9.58. The van der Waals surface area contributed by atoms with E-state index in [0.717, 1.165) is 6.42 Å². The van der Waals surface area contributed by atoms with Gasteiger partial charge in [-0.1, -0.05) is 48.9 Å². The minimum absolute atomic E-state index is 0.000587. The number of anilines is 1. The van der Waals surface area contributed by atoms with Crippen molar-refractivity contribution < 1.29 is 27.4 Å². The average Bonchev–Trinajstić information content (AvgIpc) is 2.93. The van der Waals surface area contributed by atoms with Gasteiger partial charge >= 0.3 is 0 Å². The predicted molar refractivity (Wildman–Crippen MR) is 151 cm³/mol. The molecule has 1 fully saturated rings. The molecule has 0 radical (unpaired) electrons. The van der Waals surface area contributed by atoms with Gasteiger partial charge in [-0.25, -0.2) is 13.1 Å². The molecule has 3 aromatic rings. The molecule has 3 aromatic carbocycles. The molecule has 1 saturated heterocycles. The van der Waals surface area contributed by atoms with Gasteiger partial charge in [0.25, 0.3) is 0 Å². The van der Waals surface area contributed by atoms with Crippen LogP contribution in [0, 0.1) is 5.92 Å². The van der Waals surface area contributed by atoms with E-state index in [1.807, 2.05) is 6.07 Å². The molecule has 1 heterocycles. The number of rotatable bonds is 10. The van der Waals surface area contributed by atoms with Gasteiger partial charge in [0, 0.05) is 41.1 Å². The van der Waals surface area contributed by atoms with Gasteiger partial charge in [0.1, 0.15) is 11.5 Å². The molecule has 1 aliphatic heterocycles. The molecule has 0 saturated carbocycles. The third kappa shape index (κ3) is 7.30. The summed E-state index contributed by atoms with van der Waals surface area (Å²) in [5.41, 5.74) is 2.25. The number of ether oxygens (including phenoxy) is 3. The Labute approximate surface area is 234 Å². The highest BCUT2D eigenvalue weighted by Crippen LogP contribution is 2.35. The number of hydrogen-bond acceptors (Lipinski definition) is 6. The first-order valence-corrected chi connectivity index (χ1v) is 14.6. The van der Waals surface area contributed by atoms with Crippen molar-refractivity contribution in [2.75, 3.05) is 26.1 Å². The molecule has 2 unspecified atom stereocenters. The van der Waals surface area contributed by atoms with E-state index in [4.69, 9.17) is 25.8 Å². The lowest BCUT2D eigenvalue weighted by Gasteiger charge is -2.28. The van der Waals surface area contributed by atoms with Crippen molar-refractivity contribution in [3.05, 3.63) is 82.4 Å². The van der Waals surface area contributed by atoms with Gasteiger partial charge in [-0.15, -0.1) is 0 Å². The summed E-state index contributed by atoms with van der Waals surface area (Å²) in [6, 6.07) is 17.2. The fourth-order valence-corrected chi connectivity index (χ4v) is 6.00. The summed E-state index contributed by atoms with van der Waals surface area (Å²) < 4.78 is 46.7. The second-order valence-corrected chi connectivity index (χ2v) is 11.7. The zero-order valence-electron chi connectivity index (χ0n) is 22.2. The maximum atomic E-state index is 13.7. The maximum Gasteiger partial charge on any atom is 0.241 e. The lowest BCUT2D eigenvalue weighted by molar-refractivity contribution is -0.115. The normalized spacial score (nSPS) is 17.4. The number of carbonyl (C=O) groups excluding carboxylic acids is 1. The SMILES string of the molecule is COc1ccc(CNS(=O)(=O)c2cc(NC(=O)Cc3ccccc3Cl)ccc2C2CCC(C)CO2)c(OC)c1. The van der Waals surface area contributed by atoms with Crippen molar-refractivity contribution in [2.24, 2.45) is 5.92 Å². The molecule has 1 aliphatic rings. The summed E-state index contributed by atoms with van der Waals surface area (Å²) in [6.07, 6.45) is 1.32. The van der Waals surface area contributed by atoms with Crippen molar-refractivity contribution in [1.82, 2.24) is 4.72 Å². The number of methoxy groups -OCH3 is 2. The summed E-state index contributed by atoms with van der Waals surface area (Å²) in [5.74, 6) is 1.20. The third-order valence-electron chi connectivity index (χ3n) is 6.69. The number of amides is 1. The molecular weight excluding hydrogens is 540 g/mol. The molecule has 0 spiro atoms. The van der Waals surface area contributed by atoms with Gasteiger partial charge in [-0.3, -0.25) is 4.79 Å². The van der Waals surface area contributed by atoms with Crippen LogP contribution in [0.2, 0.25) is 5.02 Å². The molecule has 8 nitrogen and oxygen atoms in total. The molecule has 10 heteroatoms. The van der Waals surface area contributed by atoms with Gasteiger partial charge < -0.3 is 19.5 Å². The largest absolute Gasteiger partial charge is 0.497 e. The highest BCUT2D eigenvalue weighted by atomic mass is 35.5. The minimum atomic E-state index is -4.01. The highest BCUT2D eigenvalue weighted by molar-refractivity contribution is 7.89. The Hall–Kier alpha value is -3.11. The van der Waals surface area contributed by atoms with E-state index in [1.165, 1.54) is 13.2 Å². The van der Waals surface area contributed by atoms with Crippen molar-refractivity contribution in [1.29, 1.82) is 0 Å². The van der Waals surface area contributed by atoms with E-state index in [1.54, 1.807) is 55.6 Å². The summed E-state index contributed by atoms with van der Waals surface area (Å²) >= 11 is 6.20. The summed E-state index contributed by atoms with van der Waals surface area (Å²) in [6.45, 7) is 2.66. The number of sulfonamides is 1. The number of carbonyl (C=O) groups is 1. The van der Waals surface area contributed by atoms with Gasteiger partial charge in [0.2, 0.25) is 15.9 Å². The molecule has 2 N–H and O–H groups in total. The lowest BCUT2D eigenvalue weighted by atomic mass is 9.96. The first-order valence-electron chi connectivity index (χ1n) is 12.7. The number of nitrogens with one attached hydrogen (secondary N) is 2. The summed E-state index contributed by atoms with van der Waals surface area (Å²) in [7, 11) is -0.942. The van der Waals surface area contributed by atoms with Crippen LogP contribution in [0.25, 0.3) is 0 Å². The lowest BCUT2D eigenvalue weighted by Crippen LogP contribution is -2.27. The molecule has 0 bridgehead atoms. The number of halogens is 1. The van der Waals surface area contributed by atoms with E-state index >= 15 is 0 Å². The zero-order chi connectivity index (χ0) is 28.0. The highest BCUT2D eigenvalue weighted by Gasteiger charge is 2.28. The van der Waals surface area contributed by atoms with Crippen molar-refractivity contribution in [3.63, 3.8) is 0 Å². The van der Waals surface area contributed by atoms with Crippen LogP contribution in [-0.2, 0) is 32.5 Å². The van der Waals surface area contributed by atoms with Gasteiger partial charge in [0.05, 0.1) is 31.6 Å². The topological polar surface area (TPSA) is 103 Å². The minimum Gasteiger partial charge on any atom is -0.497 e. The van der Waals surface area contributed by atoms with Gasteiger partial charge in [-0.2, -0.15) is 0 Å². The second kappa shape index (κ2) is 12.8. The fraction of sp³-hybridized carbons (Fsp3) is 0.345.